The summed E-state index contributed by atoms with van der Waals surface area (Å²) >= 11 is 3.57. The smallest absolute Gasteiger partial charge is 0.166 e. The van der Waals surface area contributed by atoms with E-state index in [4.69, 9.17) is 0 Å². The number of benzene rings is 1. The number of imidazole rings is 1. The Balaban J connectivity index is 1.51. The first-order chi connectivity index (χ1) is 9.81. The first-order valence-corrected chi connectivity index (χ1v) is 8.42. The predicted molar refractivity (Wildman–Crippen MR) is 87.4 cm³/mol. The van der Waals surface area contributed by atoms with Gasteiger partial charge in [-0.3, -0.25) is 0 Å². The van der Waals surface area contributed by atoms with Crippen LogP contribution in [0.3, 0.4) is 0 Å². The SMILES string of the molecule is CC(CNCc1cccs1)Sc1nc2ccccc2[nH]1. The van der Waals surface area contributed by atoms with Crippen LogP contribution in [0.4, 0.5) is 0 Å². The second-order valence-electron chi connectivity index (χ2n) is 4.70. The van der Waals surface area contributed by atoms with Crippen molar-refractivity contribution in [2.75, 3.05) is 6.54 Å². The van der Waals surface area contributed by atoms with Crippen LogP contribution in [0.25, 0.3) is 11.0 Å². The summed E-state index contributed by atoms with van der Waals surface area (Å²) in [5.74, 6) is 0. The minimum atomic E-state index is 0.482. The second-order valence-corrected chi connectivity index (χ2v) is 7.16. The van der Waals surface area contributed by atoms with Crippen LogP contribution >= 0.6 is 23.1 Å². The Morgan fingerprint density at radius 2 is 2.20 bits per heavy atom. The lowest BCUT2D eigenvalue weighted by Gasteiger charge is -2.09. The fraction of sp³-hybridized carbons (Fsp3) is 0.267. The maximum absolute atomic E-state index is 4.59. The molecule has 2 heterocycles. The van der Waals surface area contributed by atoms with Gasteiger partial charge in [-0.2, -0.15) is 0 Å². The van der Waals surface area contributed by atoms with Crippen molar-refractivity contribution < 1.29 is 0 Å². The van der Waals surface area contributed by atoms with Crippen molar-refractivity contribution in [3.8, 4) is 0 Å². The number of thioether (sulfide) groups is 1. The van der Waals surface area contributed by atoms with Crippen LogP contribution in [0.15, 0.2) is 46.9 Å². The van der Waals surface area contributed by atoms with Gasteiger partial charge in [0.15, 0.2) is 5.16 Å². The molecule has 0 saturated heterocycles. The molecule has 3 nitrogen and oxygen atoms in total. The van der Waals surface area contributed by atoms with Gasteiger partial charge in [0, 0.05) is 23.2 Å². The molecule has 20 heavy (non-hydrogen) atoms. The molecule has 3 rings (SSSR count). The van der Waals surface area contributed by atoms with Gasteiger partial charge in [0.2, 0.25) is 0 Å². The standard InChI is InChI=1S/C15H17N3S2/c1-11(9-16-10-12-5-4-8-19-12)20-15-17-13-6-2-3-7-14(13)18-15/h2-8,11,16H,9-10H2,1H3,(H,17,18). The molecule has 0 saturated carbocycles. The van der Waals surface area contributed by atoms with Gasteiger partial charge in [0.1, 0.15) is 0 Å². The Morgan fingerprint density at radius 3 is 3.00 bits per heavy atom. The van der Waals surface area contributed by atoms with E-state index >= 15 is 0 Å². The van der Waals surface area contributed by atoms with Crippen LogP contribution in [-0.2, 0) is 6.54 Å². The average molecular weight is 303 g/mol. The number of para-hydroxylation sites is 2. The summed E-state index contributed by atoms with van der Waals surface area (Å²) in [7, 11) is 0. The molecule has 3 aromatic rings. The molecule has 2 aromatic heterocycles. The summed E-state index contributed by atoms with van der Waals surface area (Å²) in [4.78, 5) is 9.33. The number of thiophene rings is 1. The number of nitrogens with zero attached hydrogens (tertiary/aromatic N) is 1. The molecule has 0 fully saturated rings. The fourth-order valence-electron chi connectivity index (χ4n) is 2.03. The summed E-state index contributed by atoms with van der Waals surface area (Å²) in [6, 6.07) is 12.4. The molecule has 0 amide bonds. The number of fused-ring (bicyclic) bond motifs is 1. The zero-order valence-electron chi connectivity index (χ0n) is 11.3. The highest BCUT2D eigenvalue weighted by atomic mass is 32.2. The van der Waals surface area contributed by atoms with E-state index in [2.05, 4.69) is 45.8 Å². The van der Waals surface area contributed by atoms with E-state index in [0.717, 1.165) is 29.3 Å². The van der Waals surface area contributed by atoms with Gasteiger partial charge in [-0.05, 0) is 23.6 Å². The quantitative estimate of drug-likeness (QED) is 0.679. The number of nitrogens with one attached hydrogen (secondary N) is 2. The molecule has 0 aliphatic heterocycles. The van der Waals surface area contributed by atoms with Crippen molar-refractivity contribution >= 4 is 34.1 Å². The fourth-order valence-corrected chi connectivity index (χ4v) is 3.61. The minimum absolute atomic E-state index is 0.482. The molecule has 0 aliphatic carbocycles. The molecule has 0 bridgehead atoms. The van der Waals surface area contributed by atoms with Crippen LogP contribution in [0.2, 0.25) is 0 Å². The van der Waals surface area contributed by atoms with Gasteiger partial charge >= 0.3 is 0 Å². The zero-order chi connectivity index (χ0) is 13.8. The first-order valence-electron chi connectivity index (χ1n) is 6.66. The molecule has 0 spiro atoms. The van der Waals surface area contributed by atoms with E-state index in [1.165, 1.54) is 4.88 Å². The van der Waals surface area contributed by atoms with Crippen molar-refractivity contribution in [1.29, 1.82) is 0 Å². The second kappa shape index (κ2) is 6.43. The van der Waals surface area contributed by atoms with E-state index < -0.39 is 0 Å². The Morgan fingerprint density at radius 1 is 1.30 bits per heavy atom. The van der Waals surface area contributed by atoms with Crippen molar-refractivity contribution in [2.24, 2.45) is 0 Å². The van der Waals surface area contributed by atoms with Crippen molar-refractivity contribution in [3.63, 3.8) is 0 Å². The van der Waals surface area contributed by atoms with E-state index in [1.807, 2.05) is 18.2 Å². The van der Waals surface area contributed by atoms with Crippen molar-refractivity contribution in [1.82, 2.24) is 15.3 Å². The number of aromatic nitrogens is 2. The van der Waals surface area contributed by atoms with Crippen molar-refractivity contribution in [2.45, 2.75) is 23.9 Å². The molecule has 1 atom stereocenters. The Bertz CT molecular complexity index is 628. The summed E-state index contributed by atoms with van der Waals surface area (Å²) in [5.41, 5.74) is 2.14. The average Bonchev–Trinajstić information content (AvgIpc) is 3.06. The maximum Gasteiger partial charge on any atom is 0.166 e. The summed E-state index contributed by atoms with van der Waals surface area (Å²) in [6.07, 6.45) is 0. The highest BCUT2D eigenvalue weighted by Gasteiger charge is 2.08. The number of H-pyrrole nitrogens is 1. The molecular weight excluding hydrogens is 286 g/mol. The number of rotatable bonds is 6. The van der Waals surface area contributed by atoms with Crippen LogP contribution in [-0.4, -0.2) is 21.8 Å². The monoisotopic (exact) mass is 303 g/mol. The van der Waals surface area contributed by atoms with Gasteiger partial charge in [-0.25, -0.2) is 4.98 Å². The van der Waals surface area contributed by atoms with Gasteiger partial charge in [0.25, 0.3) is 0 Å². The van der Waals surface area contributed by atoms with Gasteiger partial charge in [-0.15, -0.1) is 11.3 Å². The maximum atomic E-state index is 4.59. The van der Waals surface area contributed by atoms with E-state index in [9.17, 15) is 0 Å². The lowest BCUT2D eigenvalue weighted by Crippen LogP contribution is -2.21. The van der Waals surface area contributed by atoms with Gasteiger partial charge < -0.3 is 10.3 Å². The number of hydrogen-bond donors (Lipinski definition) is 2. The summed E-state index contributed by atoms with van der Waals surface area (Å²) in [6.45, 7) is 4.14. The van der Waals surface area contributed by atoms with Gasteiger partial charge in [0.05, 0.1) is 11.0 Å². The molecular formula is C15H17N3S2. The number of hydrogen-bond acceptors (Lipinski definition) is 4. The van der Waals surface area contributed by atoms with E-state index in [1.54, 1.807) is 23.1 Å². The van der Waals surface area contributed by atoms with Crippen LogP contribution in [0.5, 0.6) is 0 Å². The zero-order valence-corrected chi connectivity index (χ0v) is 12.9. The van der Waals surface area contributed by atoms with E-state index in [0.29, 0.717) is 5.25 Å². The lowest BCUT2D eigenvalue weighted by atomic mass is 10.3. The lowest BCUT2D eigenvalue weighted by molar-refractivity contribution is 0.689. The Hall–Kier alpha value is -1.30. The van der Waals surface area contributed by atoms with E-state index in [-0.39, 0.29) is 0 Å². The highest BCUT2D eigenvalue weighted by Crippen LogP contribution is 2.22. The Labute approximate surface area is 126 Å². The van der Waals surface area contributed by atoms with Gasteiger partial charge in [-0.1, -0.05) is 36.9 Å². The molecule has 0 aliphatic rings. The summed E-state index contributed by atoms with van der Waals surface area (Å²) < 4.78 is 0. The first kappa shape index (κ1) is 13.7. The minimum Gasteiger partial charge on any atom is -0.333 e. The van der Waals surface area contributed by atoms with Crippen LogP contribution in [0.1, 0.15) is 11.8 Å². The molecule has 1 unspecified atom stereocenters. The topological polar surface area (TPSA) is 40.7 Å². The summed E-state index contributed by atoms with van der Waals surface area (Å²) in [5, 5.41) is 7.08. The van der Waals surface area contributed by atoms with Crippen molar-refractivity contribution in [3.05, 3.63) is 46.7 Å². The third-order valence-electron chi connectivity index (χ3n) is 2.99. The predicted octanol–water partition coefficient (Wildman–Crippen LogP) is 3.89. The molecule has 2 N–H and O–H groups in total. The largest absolute Gasteiger partial charge is 0.333 e. The molecule has 0 radical (unpaired) electrons. The third-order valence-corrected chi connectivity index (χ3v) is 4.85. The van der Waals surface area contributed by atoms with Crippen LogP contribution < -0.4 is 5.32 Å². The molecule has 1 aromatic carbocycles. The molecule has 5 heteroatoms. The normalized spacial score (nSPS) is 12.8. The third kappa shape index (κ3) is 3.42. The van der Waals surface area contributed by atoms with Crippen LogP contribution in [0, 0.1) is 0 Å². The Kier molecular flexibility index (Phi) is 4.40. The highest BCUT2D eigenvalue weighted by molar-refractivity contribution is 7.99. The number of aromatic amines is 1. The molecule has 104 valence electrons.